The number of benzene rings is 1. The lowest BCUT2D eigenvalue weighted by molar-refractivity contribution is -0.147. The van der Waals surface area contributed by atoms with Crippen molar-refractivity contribution in [1.29, 1.82) is 0 Å². The van der Waals surface area contributed by atoms with Crippen LogP contribution in [0.4, 0.5) is 4.39 Å². The number of rotatable bonds is 7. The van der Waals surface area contributed by atoms with Crippen LogP contribution < -0.4 is 5.32 Å². The summed E-state index contributed by atoms with van der Waals surface area (Å²) in [4.78, 5) is 25.1. The number of furan rings is 1. The molecule has 0 aliphatic carbocycles. The minimum Gasteiger partial charge on any atom is -0.465 e. The van der Waals surface area contributed by atoms with Gasteiger partial charge in [0.2, 0.25) is 5.91 Å². The first-order valence-corrected chi connectivity index (χ1v) is 9.41. The number of amides is 1. The van der Waals surface area contributed by atoms with Gasteiger partial charge < -0.3 is 14.5 Å². The van der Waals surface area contributed by atoms with Crippen LogP contribution in [0.2, 0.25) is 0 Å². The number of aromatic nitrogens is 2. The van der Waals surface area contributed by atoms with Gasteiger partial charge in [-0.2, -0.15) is 5.10 Å². The number of nitrogens with one attached hydrogen (secondary N) is 1. The lowest BCUT2D eigenvalue weighted by Crippen LogP contribution is -2.34. The van der Waals surface area contributed by atoms with Crippen LogP contribution in [-0.2, 0) is 14.3 Å². The Hall–Kier alpha value is -3.68. The molecular formula is C22H22FN3O4. The first kappa shape index (κ1) is 21.0. The average Bonchev–Trinajstić information content (AvgIpc) is 3.34. The van der Waals surface area contributed by atoms with Crippen molar-refractivity contribution in [1.82, 2.24) is 15.1 Å². The van der Waals surface area contributed by atoms with Crippen LogP contribution in [-0.4, -0.2) is 28.3 Å². The molecule has 1 amide bonds. The molecule has 0 saturated heterocycles. The molecule has 3 aromatic rings. The van der Waals surface area contributed by atoms with Crippen LogP contribution in [0.3, 0.4) is 0 Å². The summed E-state index contributed by atoms with van der Waals surface area (Å²) in [5, 5.41) is 7.15. The standard InChI is InChI=1S/C22H22FN3O4/c1-4-29-22(28)21(24-19(27)12-11-18-6-5-13-30-18)20-14(2)25-26(15(20)3)17-9-7-16(23)8-10-17/h5-13,21H,4H2,1-3H3,(H,24,27)/b12-11-. The van der Waals surface area contributed by atoms with E-state index in [4.69, 9.17) is 9.15 Å². The van der Waals surface area contributed by atoms with Gasteiger partial charge >= 0.3 is 5.97 Å². The van der Waals surface area contributed by atoms with Gasteiger partial charge in [-0.1, -0.05) is 0 Å². The zero-order chi connectivity index (χ0) is 21.7. The number of halogens is 1. The number of nitrogens with zero attached hydrogens (tertiary/aromatic N) is 2. The minimum atomic E-state index is -1.05. The molecule has 1 unspecified atom stereocenters. The SMILES string of the molecule is CCOC(=O)C(NC(=O)/C=C\c1ccco1)c1c(C)nn(-c2ccc(F)cc2)c1C. The van der Waals surface area contributed by atoms with Gasteiger partial charge in [-0.15, -0.1) is 0 Å². The van der Waals surface area contributed by atoms with Crippen molar-refractivity contribution < 1.29 is 23.1 Å². The van der Waals surface area contributed by atoms with Crippen LogP contribution in [0, 0.1) is 19.7 Å². The van der Waals surface area contributed by atoms with Gasteiger partial charge in [0, 0.05) is 17.3 Å². The third-order valence-corrected chi connectivity index (χ3v) is 4.46. The Morgan fingerprint density at radius 3 is 2.63 bits per heavy atom. The second-order valence-electron chi connectivity index (χ2n) is 6.52. The second-order valence-corrected chi connectivity index (χ2v) is 6.52. The summed E-state index contributed by atoms with van der Waals surface area (Å²) < 4.78 is 25.2. The lowest BCUT2D eigenvalue weighted by Gasteiger charge is -2.17. The maximum absolute atomic E-state index is 13.3. The molecule has 0 aliphatic heterocycles. The fourth-order valence-electron chi connectivity index (χ4n) is 3.12. The first-order valence-electron chi connectivity index (χ1n) is 9.41. The Labute approximate surface area is 173 Å². The van der Waals surface area contributed by atoms with Gasteiger partial charge in [0.05, 0.1) is 24.3 Å². The predicted octanol–water partition coefficient (Wildman–Crippen LogP) is 3.66. The summed E-state index contributed by atoms with van der Waals surface area (Å²) in [5.74, 6) is -0.935. The molecule has 0 fully saturated rings. The molecule has 156 valence electrons. The van der Waals surface area contributed by atoms with Gasteiger partial charge in [0.25, 0.3) is 0 Å². The highest BCUT2D eigenvalue weighted by Gasteiger charge is 2.30. The van der Waals surface area contributed by atoms with E-state index in [1.165, 1.54) is 30.5 Å². The molecule has 0 saturated carbocycles. The number of carbonyl (C=O) groups is 2. The normalized spacial score (nSPS) is 12.1. The average molecular weight is 411 g/mol. The van der Waals surface area contributed by atoms with Gasteiger partial charge in [-0.3, -0.25) is 4.79 Å². The maximum Gasteiger partial charge on any atom is 0.333 e. The molecule has 0 bridgehead atoms. The summed E-state index contributed by atoms with van der Waals surface area (Å²) in [6.07, 6.45) is 4.27. The van der Waals surface area contributed by atoms with Crippen LogP contribution in [0.1, 0.15) is 35.7 Å². The Morgan fingerprint density at radius 1 is 1.27 bits per heavy atom. The topological polar surface area (TPSA) is 86.4 Å². The van der Waals surface area contributed by atoms with E-state index in [0.29, 0.717) is 28.4 Å². The Morgan fingerprint density at radius 2 is 2.00 bits per heavy atom. The monoisotopic (exact) mass is 411 g/mol. The summed E-state index contributed by atoms with van der Waals surface area (Å²) in [6.45, 7) is 5.36. The van der Waals surface area contributed by atoms with Gasteiger partial charge in [-0.25, -0.2) is 13.9 Å². The molecule has 1 aromatic carbocycles. The third-order valence-electron chi connectivity index (χ3n) is 4.46. The number of hydrogen-bond acceptors (Lipinski definition) is 5. The van der Waals surface area contributed by atoms with Crippen molar-refractivity contribution in [2.75, 3.05) is 6.61 Å². The summed E-state index contributed by atoms with van der Waals surface area (Å²) in [6, 6.07) is 8.19. The molecule has 2 aromatic heterocycles. The molecule has 8 heteroatoms. The molecular weight excluding hydrogens is 389 g/mol. The highest BCUT2D eigenvalue weighted by atomic mass is 19.1. The van der Waals surface area contributed by atoms with Crippen LogP contribution in [0.25, 0.3) is 11.8 Å². The molecule has 0 radical (unpaired) electrons. The number of aryl methyl sites for hydroxylation is 1. The Kier molecular flexibility index (Phi) is 6.46. The number of carbonyl (C=O) groups excluding carboxylic acids is 2. The number of hydrogen-bond donors (Lipinski definition) is 1. The molecule has 3 rings (SSSR count). The van der Waals surface area contributed by atoms with E-state index in [-0.39, 0.29) is 12.4 Å². The van der Waals surface area contributed by atoms with Gasteiger partial charge in [0.1, 0.15) is 11.6 Å². The predicted molar refractivity (Wildman–Crippen MR) is 108 cm³/mol. The fraction of sp³-hybridized carbons (Fsp3) is 0.227. The van der Waals surface area contributed by atoms with E-state index in [0.717, 1.165) is 0 Å². The van der Waals surface area contributed by atoms with Crippen molar-refractivity contribution in [3.63, 3.8) is 0 Å². The number of esters is 1. The van der Waals surface area contributed by atoms with Crippen LogP contribution in [0.15, 0.2) is 53.2 Å². The van der Waals surface area contributed by atoms with Crippen molar-refractivity contribution in [2.45, 2.75) is 26.8 Å². The highest BCUT2D eigenvalue weighted by molar-refractivity contribution is 5.94. The quantitative estimate of drug-likeness (QED) is 0.474. The van der Waals surface area contributed by atoms with E-state index in [1.807, 2.05) is 0 Å². The molecule has 2 heterocycles. The fourth-order valence-corrected chi connectivity index (χ4v) is 3.12. The van der Waals surface area contributed by atoms with E-state index >= 15 is 0 Å². The Bertz CT molecular complexity index is 1050. The second kappa shape index (κ2) is 9.21. The molecule has 0 aliphatic rings. The van der Waals surface area contributed by atoms with Crippen molar-refractivity contribution in [2.24, 2.45) is 0 Å². The van der Waals surface area contributed by atoms with Crippen LogP contribution in [0.5, 0.6) is 0 Å². The van der Waals surface area contributed by atoms with Crippen LogP contribution >= 0.6 is 0 Å². The Balaban J connectivity index is 1.93. The number of ether oxygens (including phenoxy) is 1. The zero-order valence-corrected chi connectivity index (χ0v) is 16.9. The van der Waals surface area contributed by atoms with E-state index in [9.17, 15) is 14.0 Å². The molecule has 1 atom stereocenters. The van der Waals surface area contributed by atoms with Crippen molar-refractivity contribution in [3.8, 4) is 5.69 Å². The van der Waals surface area contributed by atoms with E-state index in [2.05, 4.69) is 10.4 Å². The molecule has 0 spiro atoms. The van der Waals surface area contributed by atoms with Gasteiger partial charge in [-0.05, 0) is 63.2 Å². The summed E-state index contributed by atoms with van der Waals surface area (Å²) in [5.41, 5.74) is 2.34. The minimum absolute atomic E-state index is 0.164. The van der Waals surface area contributed by atoms with E-state index < -0.39 is 17.9 Å². The zero-order valence-electron chi connectivity index (χ0n) is 16.9. The first-order chi connectivity index (χ1) is 14.4. The van der Waals surface area contributed by atoms with Gasteiger partial charge in [0.15, 0.2) is 6.04 Å². The summed E-state index contributed by atoms with van der Waals surface area (Å²) in [7, 11) is 0. The largest absolute Gasteiger partial charge is 0.465 e. The molecule has 30 heavy (non-hydrogen) atoms. The smallest absolute Gasteiger partial charge is 0.333 e. The van der Waals surface area contributed by atoms with Crippen molar-refractivity contribution >= 4 is 18.0 Å². The maximum atomic E-state index is 13.3. The third kappa shape index (κ3) is 4.65. The highest BCUT2D eigenvalue weighted by Crippen LogP contribution is 2.25. The molecule has 1 N–H and O–H groups in total. The van der Waals surface area contributed by atoms with E-state index in [1.54, 1.807) is 49.7 Å². The lowest BCUT2D eigenvalue weighted by atomic mass is 10.0. The summed E-state index contributed by atoms with van der Waals surface area (Å²) >= 11 is 0. The molecule has 7 nitrogen and oxygen atoms in total. The van der Waals surface area contributed by atoms with Crippen molar-refractivity contribution in [3.05, 3.63) is 77.3 Å².